The smallest absolute Gasteiger partial charge is 0.543 e. The van der Waals surface area contributed by atoms with Crippen LogP contribution in [0.2, 0.25) is 0 Å². The predicted molar refractivity (Wildman–Crippen MR) is 87.0 cm³/mol. The summed E-state index contributed by atoms with van der Waals surface area (Å²) in [5, 5.41) is 19.7. The largest absolute Gasteiger partial charge is 1.00 e. The summed E-state index contributed by atoms with van der Waals surface area (Å²) >= 11 is 2.57. The molecule has 9 nitrogen and oxygen atoms in total. The fourth-order valence-electron chi connectivity index (χ4n) is 3.95. The third-order valence-corrected chi connectivity index (χ3v) is 6.84. The zero-order valence-electron chi connectivity index (χ0n) is 14.2. The molecule has 1 aromatic heterocycles. The van der Waals surface area contributed by atoms with Gasteiger partial charge in [-0.25, -0.2) is 0 Å². The molecule has 0 radical (unpaired) electrons. The van der Waals surface area contributed by atoms with Gasteiger partial charge >= 0.3 is 29.6 Å². The van der Waals surface area contributed by atoms with Gasteiger partial charge in [0.2, 0.25) is 11.0 Å². The minimum atomic E-state index is -1.36. The molecule has 3 aliphatic rings. The van der Waals surface area contributed by atoms with Gasteiger partial charge in [0.25, 0.3) is 5.91 Å². The fourth-order valence-corrected chi connectivity index (χ4v) is 5.69. The normalized spacial score (nSPS) is 26.3. The molecular formula is C14H14N5NaO4S2. The SMILES string of the molecule is CC(=O)N1CCC2C(CSc3nnc(N)s3)=C(C(=O)[O-])N3C(=O)[C@@H]1[C@@H]23.[Na+]. The van der Waals surface area contributed by atoms with Crippen molar-refractivity contribution in [2.75, 3.05) is 18.0 Å². The van der Waals surface area contributed by atoms with Crippen LogP contribution in [-0.2, 0) is 14.4 Å². The Hall–Kier alpha value is -1.14. The van der Waals surface area contributed by atoms with Crippen molar-refractivity contribution in [1.82, 2.24) is 20.0 Å². The summed E-state index contributed by atoms with van der Waals surface area (Å²) in [7, 11) is 0. The molecule has 2 saturated heterocycles. The molecule has 0 spiro atoms. The first-order valence-electron chi connectivity index (χ1n) is 7.66. The summed E-state index contributed by atoms with van der Waals surface area (Å²) in [4.78, 5) is 38.7. The number of likely N-dealkylation sites (tertiary alicyclic amines) is 1. The molecule has 3 atom stereocenters. The van der Waals surface area contributed by atoms with Gasteiger partial charge in [-0.3, -0.25) is 9.59 Å². The van der Waals surface area contributed by atoms with E-state index in [1.54, 1.807) is 0 Å². The Morgan fingerprint density at radius 2 is 2.15 bits per heavy atom. The van der Waals surface area contributed by atoms with Crippen LogP contribution in [0.25, 0.3) is 0 Å². The predicted octanol–water partition coefficient (Wildman–Crippen LogP) is -4.32. The first kappa shape index (κ1) is 19.6. The second-order valence-corrected chi connectivity index (χ2v) is 8.34. The van der Waals surface area contributed by atoms with E-state index in [1.807, 2.05) is 0 Å². The first-order chi connectivity index (χ1) is 11.9. The van der Waals surface area contributed by atoms with Crippen molar-refractivity contribution >= 4 is 46.0 Å². The quantitative estimate of drug-likeness (QED) is 0.303. The zero-order chi connectivity index (χ0) is 17.9. The molecule has 0 aromatic carbocycles. The molecule has 2 N–H and O–H groups in total. The number of amides is 2. The van der Waals surface area contributed by atoms with Gasteiger partial charge in [-0.05, 0) is 12.0 Å². The average molecular weight is 403 g/mol. The standard InChI is InChI=1S/C14H15N5O4S2.Na/c1-5(20)18-3-2-6-7(4-24-14-17-16-13(15)25-14)9(12(22)23)19-8(6)10(18)11(19)21;/h6,8,10H,2-4H2,1H3,(H2,15,16)(H,22,23);/q;+1/p-1/t6?,8-,10+;/m1./s1. The van der Waals surface area contributed by atoms with Crippen LogP contribution in [0.1, 0.15) is 13.3 Å². The number of anilines is 1. The first-order valence-corrected chi connectivity index (χ1v) is 9.46. The van der Waals surface area contributed by atoms with Crippen molar-refractivity contribution < 1.29 is 49.0 Å². The molecule has 0 saturated carbocycles. The molecule has 132 valence electrons. The van der Waals surface area contributed by atoms with Crippen LogP contribution in [0.15, 0.2) is 15.6 Å². The van der Waals surface area contributed by atoms with E-state index < -0.39 is 12.0 Å². The number of hydrogen-bond acceptors (Lipinski definition) is 9. The van der Waals surface area contributed by atoms with E-state index in [4.69, 9.17) is 5.73 Å². The summed E-state index contributed by atoms with van der Waals surface area (Å²) < 4.78 is 0.640. The van der Waals surface area contributed by atoms with Crippen molar-refractivity contribution in [3.63, 3.8) is 0 Å². The summed E-state index contributed by atoms with van der Waals surface area (Å²) in [6, 6.07) is -0.863. The topological polar surface area (TPSA) is 133 Å². The number of nitrogens with two attached hydrogens (primary N) is 1. The van der Waals surface area contributed by atoms with Crippen LogP contribution in [0.3, 0.4) is 0 Å². The maximum absolute atomic E-state index is 12.5. The molecule has 2 fully saturated rings. The van der Waals surface area contributed by atoms with E-state index in [-0.39, 0.29) is 59.0 Å². The minimum absolute atomic E-state index is 0. The minimum Gasteiger partial charge on any atom is -0.543 e. The molecule has 2 amide bonds. The van der Waals surface area contributed by atoms with E-state index in [9.17, 15) is 19.5 Å². The Bertz CT molecular complexity index is 828. The van der Waals surface area contributed by atoms with Crippen LogP contribution >= 0.6 is 23.1 Å². The number of aliphatic carboxylic acids is 1. The number of piperidine rings is 1. The van der Waals surface area contributed by atoms with Crippen LogP contribution in [0.5, 0.6) is 0 Å². The van der Waals surface area contributed by atoms with Gasteiger partial charge < -0.3 is 25.4 Å². The van der Waals surface area contributed by atoms with Gasteiger partial charge in [0.05, 0.1) is 17.7 Å². The number of rotatable bonds is 4. The van der Waals surface area contributed by atoms with Gasteiger partial charge in [-0.1, -0.05) is 23.1 Å². The molecule has 12 heteroatoms. The summed E-state index contributed by atoms with van der Waals surface area (Å²) in [6.45, 7) is 1.87. The van der Waals surface area contributed by atoms with E-state index in [2.05, 4.69) is 10.2 Å². The van der Waals surface area contributed by atoms with Crippen LogP contribution in [0, 0.1) is 5.92 Å². The zero-order valence-corrected chi connectivity index (χ0v) is 17.8. The number of carbonyl (C=O) groups is 3. The van der Waals surface area contributed by atoms with Gasteiger partial charge in [0.1, 0.15) is 6.04 Å². The second kappa shape index (κ2) is 7.12. The Balaban J connectivity index is 0.00000196. The molecule has 4 heterocycles. The molecule has 3 aliphatic heterocycles. The number of carbonyl (C=O) groups excluding carboxylic acids is 3. The number of β-lactam (4-membered cyclic amide) rings is 1. The van der Waals surface area contributed by atoms with Crippen LogP contribution in [-0.4, -0.2) is 62.2 Å². The molecule has 1 aromatic rings. The number of carboxylic acid groups (broad SMARTS) is 1. The van der Waals surface area contributed by atoms with E-state index in [0.717, 1.165) is 0 Å². The summed E-state index contributed by atoms with van der Waals surface area (Å²) in [5.41, 5.74) is 6.18. The van der Waals surface area contributed by atoms with Crippen LogP contribution in [0.4, 0.5) is 5.13 Å². The third kappa shape index (κ3) is 2.85. The fraction of sp³-hybridized carbons (Fsp3) is 0.500. The maximum Gasteiger partial charge on any atom is 1.00 e. The monoisotopic (exact) mass is 403 g/mol. The van der Waals surface area contributed by atoms with Gasteiger partial charge in [0, 0.05) is 25.1 Å². The van der Waals surface area contributed by atoms with E-state index in [1.165, 1.54) is 39.8 Å². The third-order valence-electron chi connectivity index (χ3n) is 4.90. The molecular weight excluding hydrogens is 389 g/mol. The van der Waals surface area contributed by atoms with Crippen molar-refractivity contribution in [1.29, 1.82) is 0 Å². The number of thioether (sulfide) groups is 1. The number of nitrogens with zero attached hydrogens (tertiary/aromatic N) is 4. The second-order valence-electron chi connectivity index (χ2n) is 6.11. The maximum atomic E-state index is 12.5. The van der Waals surface area contributed by atoms with Crippen molar-refractivity contribution in [2.24, 2.45) is 5.92 Å². The molecule has 0 bridgehead atoms. The number of hydrogen-bond donors (Lipinski definition) is 1. The number of aromatic nitrogens is 2. The summed E-state index contributed by atoms with van der Waals surface area (Å²) in [5.74, 6) is -1.58. The van der Waals surface area contributed by atoms with Crippen LogP contribution < -0.4 is 40.4 Å². The Labute approximate surface area is 179 Å². The average Bonchev–Trinajstić information content (AvgIpc) is 3.11. The number of nitrogen functional groups attached to an aromatic ring is 1. The molecule has 0 aliphatic carbocycles. The van der Waals surface area contributed by atoms with E-state index in [0.29, 0.717) is 33.8 Å². The number of carboxylic acids is 1. The van der Waals surface area contributed by atoms with E-state index >= 15 is 0 Å². The molecule has 1 unspecified atom stereocenters. The van der Waals surface area contributed by atoms with Gasteiger partial charge in [-0.2, -0.15) is 0 Å². The van der Waals surface area contributed by atoms with Crippen molar-refractivity contribution in [2.45, 2.75) is 29.8 Å². The van der Waals surface area contributed by atoms with Crippen molar-refractivity contribution in [3.05, 3.63) is 11.3 Å². The Morgan fingerprint density at radius 1 is 1.42 bits per heavy atom. The Morgan fingerprint density at radius 3 is 2.73 bits per heavy atom. The summed E-state index contributed by atoms with van der Waals surface area (Å²) in [6.07, 6.45) is 0.620. The van der Waals surface area contributed by atoms with Crippen molar-refractivity contribution in [3.8, 4) is 0 Å². The Kier molecular flexibility index (Phi) is 5.37. The van der Waals surface area contributed by atoms with Gasteiger partial charge in [0.15, 0.2) is 4.34 Å². The molecule has 4 rings (SSSR count). The van der Waals surface area contributed by atoms with Gasteiger partial charge in [-0.15, -0.1) is 10.2 Å². The molecule has 26 heavy (non-hydrogen) atoms.